The van der Waals surface area contributed by atoms with Gasteiger partial charge in [-0.1, -0.05) is 12.1 Å². The summed E-state index contributed by atoms with van der Waals surface area (Å²) < 4.78 is 14.3. The summed E-state index contributed by atoms with van der Waals surface area (Å²) in [6.45, 7) is 0.476. The summed E-state index contributed by atoms with van der Waals surface area (Å²) in [5.74, 6) is 0.242. The molecule has 0 aliphatic carbocycles. The molecule has 0 atom stereocenters. The lowest BCUT2D eigenvalue weighted by Gasteiger charge is -2.05. The number of carbonyl (C=O) groups is 1. The summed E-state index contributed by atoms with van der Waals surface area (Å²) in [5, 5.41) is 9.36. The maximum atomic E-state index is 12.7. The standard InChI is InChI=1S/C13H15FN4O/c1-18-9-7-12(17-18)16-13(19)15-8-6-10-2-4-11(14)5-3-10/h2-5,7,9H,6,8H2,1H3,(H2,15,16,17,19). The van der Waals surface area contributed by atoms with Crippen LogP contribution in [0.4, 0.5) is 15.0 Å². The molecule has 0 aliphatic heterocycles. The van der Waals surface area contributed by atoms with Crippen molar-refractivity contribution in [1.29, 1.82) is 0 Å². The second-order valence-electron chi connectivity index (χ2n) is 4.13. The van der Waals surface area contributed by atoms with Crippen LogP contribution in [0, 0.1) is 5.82 Å². The van der Waals surface area contributed by atoms with E-state index in [1.807, 2.05) is 0 Å². The number of amides is 2. The van der Waals surface area contributed by atoms with Crippen molar-refractivity contribution in [3.8, 4) is 0 Å². The first-order chi connectivity index (χ1) is 9.13. The highest BCUT2D eigenvalue weighted by Crippen LogP contribution is 2.03. The van der Waals surface area contributed by atoms with Crippen molar-refractivity contribution in [2.75, 3.05) is 11.9 Å². The minimum absolute atomic E-state index is 0.260. The normalized spacial score (nSPS) is 10.2. The minimum Gasteiger partial charge on any atom is -0.337 e. The van der Waals surface area contributed by atoms with Crippen molar-refractivity contribution in [2.45, 2.75) is 6.42 Å². The molecule has 0 spiro atoms. The largest absolute Gasteiger partial charge is 0.337 e. The van der Waals surface area contributed by atoms with E-state index in [-0.39, 0.29) is 11.8 Å². The molecular weight excluding hydrogens is 247 g/mol. The van der Waals surface area contributed by atoms with E-state index in [1.54, 1.807) is 36.1 Å². The summed E-state index contributed by atoms with van der Waals surface area (Å²) in [6.07, 6.45) is 2.39. The number of aryl methyl sites for hydroxylation is 1. The fourth-order valence-electron chi connectivity index (χ4n) is 1.61. The van der Waals surface area contributed by atoms with E-state index in [0.29, 0.717) is 18.8 Å². The number of rotatable bonds is 4. The molecule has 100 valence electrons. The molecule has 2 aromatic rings. The molecule has 0 radical (unpaired) electrons. The molecule has 1 heterocycles. The minimum atomic E-state index is -0.305. The van der Waals surface area contributed by atoms with E-state index in [9.17, 15) is 9.18 Å². The summed E-state index contributed by atoms with van der Waals surface area (Å²) in [5.41, 5.74) is 0.972. The van der Waals surface area contributed by atoms with Gasteiger partial charge in [0.05, 0.1) is 0 Å². The van der Waals surface area contributed by atoms with E-state index in [0.717, 1.165) is 5.56 Å². The van der Waals surface area contributed by atoms with E-state index >= 15 is 0 Å². The maximum absolute atomic E-state index is 12.7. The second-order valence-corrected chi connectivity index (χ2v) is 4.13. The molecule has 1 aromatic carbocycles. The zero-order valence-corrected chi connectivity index (χ0v) is 10.6. The average molecular weight is 262 g/mol. The summed E-state index contributed by atoms with van der Waals surface area (Å²) in [6, 6.07) is 7.62. The van der Waals surface area contributed by atoms with Gasteiger partial charge in [-0.25, -0.2) is 9.18 Å². The lowest BCUT2D eigenvalue weighted by molar-refractivity contribution is 0.252. The molecule has 2 N–H and O–H groups in total. The lowest BCUT2D eigenvalue weighted by Crippen LogP contribution is -2.30. The number of urea groups is 1. The predicted molar refractivity (Wildman–Crippen MR) is 70.3 cm³/mol. The van der Waals surface area contributed by atoms with Crippen molar-refractivity contribution >= 4 is 11.8 Å². The Bertz CT molecular complexity index is 550. The monoisotopic (exact) mass is 262 g/mol. The number of hydrogen-bond acceptors (Lipinski definition) is 2. The molecule has 6 heteroatoms. The van der Waals surface area contributed by atoms with E-state index in [2.05, 4.69) is 15.7 Å². The molecule has 0 saturated heterocycles. The summed E-state index contributed by atoms with van der Waals surface area (Å²) >= 11 is 0. The van der Waals surface area contributed by atoms with Crippen LogP contribution in [0.5, 0.6) is 0 Å². The topological polar surface area (TPSA) is 59.0 Å². The summed E-state index contributed by atoms with van der Waals surface area (Å²) in [7, 11) is 1.78. The van der Waals surface area contributed by atoms with Crippen molar-refractivity contribution < 1.29 is 9.18 Å². The third kappa shape index (κ3) is 4.09. The van der Waals surface area contributed by atoms with Gasteiger partial charge in [0.2, 0.25) is 0 Å². The highest BCUT2D eigenvalue weighted by atomic mass is 19.1. The number of halogens is 1. The smallest absolute Gasteiger partial charge is 0.320 e. The Morgan fingerprint density at radius 2 is 2.05 bits per heavy atom. The van der Waals surface area contributed by atoms with Crippen LogP contribution in [0.3, 0.4) is 0 Å². The van der Waals surface area contributed by atoms with Crippen LogP contribution in [-0.4, -0.2) is 22.4 Å². The Labute approximate surface area is 110 Å². The molecule has 0 unspecified atom stereocenters. The fourth-order valence-corrected chi connectivity index (χ4v) is 1.61. The van der Waals surface area contributed by atoms with Gasteiger partial charge >= 0.3 is 6.03 Å². The molecule has 2 amide bonds. The van der Waals surface area contributed by atoms with Crippen LogP contribution >= 0.6 is 0 Å². The molecule has 0 aliphatic rings. The Hall–Kier alpha value is -2.37. The number of hydrogen-bond donors (Lipinski definition) is 2. The first-order valence-electron chi connectivity index (χ1n) is 5.92. The maximum Gasteiger partial charge on any atom is 0.320 e. The molecule has 19 heavy (non-hydrogen) atoms. The lowest BCUT2D eigenvalue weighted by atomic mass is 10.1. The van der Waals surface area contributed by atoms with Crippen LogP contribution in [0.15, 0.2) is 36.5 Å². The molecule has 1 aromatic heterocycles. The van der Waals surface area contributed by atoms with Crippen molar-refractivity contribution in [3.63, 3.8) is 0 Å². The number of anilines is 1. The zero-order chi connectivity index (χ0) is 13.7. The molecule has 2 rings (SSSR count). The zero-order valence-electron chi connectivity index (χ0n) is 10.6. The van der Waals surface area contributed by atoms with Crippen molar-refractivity contribution in [1.82, 2.24) is 15.1 Å². The molecule has 0 bridgehead atoms. The van der Waals surface area contributed by atoms with Crippen molar-refractivity contribution in [2.24, 2.45) is 7.05 Å². The van der Waals surface area contributed by atoms with Gasteiger partial charge < -0.3 is 5.32 Å². The van der Waals surface area contributed by atoms with Gasteiger partial charge in [-0.3, -0.25) is 10.00 Å². The third-order valence-corrected chi connectivity index (χ3v) is 2.57. The highest BCUT2D eigenvalue weighted by molar-refractivity contribution is 5.88. The number of aromatic nitrogens is 2. The van der Waals surface area contributed by atoms with Gasteiger partial charge in [-0.05, 0) is 24.1 Å². The Balaban J connectivity index is 1.73. The van der Waals surface area contributed by atoms with Crippen LogP contribution in [-0.2, 0) is 13.5 Å². The Kier molecular flexibility index (Phi) is 4.12. The number of nitrogens with one attached hydrogen (secondary N) is 2. The first-order valence-corrected chi connectivity index (χ1v) is 5.92. The van der Waals surface area contributed by atoms with E-state index < -0.39 is 0 Å². The van der Waals surface area contributed by atoms with Gasteiger partial charge in [0, 0.05) is 25.9 Å². The quantitative estimate of drug-likeness (QED) is 0.884. The predicted octanol–water partition coefficient (Wildman–Crippen LogP) is 1.92. The van der Waals surface area contributed by atoms with Gasteiger partial charge in [0.15, 0.2) is 5.82 Å². The van der Waals surface area contributed by atoms with E-state index in [4.69, 9.17) is 0 Å². The van der Waals surface area contributed by atoms with Crippen LogP contribution in [0.2, 0.25) is 0 Å². The molecule has 0 fully saturated rings. The van der Waals surface area contributed by atoms with Gasteiger partial charge in [-0.2, -0.15) is 5.10 Å². The second kappa shape index (κ2) is 5.99. The molecule has 0 saturated carbocycles. The van der Waals surface area contributed by atoms with Crippen LogP contribution < -0.4 is 10.6 Å². The third-order valence-electron chi connectivity index (χ3n) is 2.57. The highest BCUT2D eigenvalue weighted by Gasteiger charge is 2.03. The Morgan fingerprint density at radius 3 is 2.68 bits per heavy atom. The van der Waals surface area contributed by atoms with Gasteiger partial charge in [0.1, 0.15) is 5.82 Å². The average Bonchev–Trinajstić information content (AvgIpc) is 2.77. The van der Waals surface area contributed by atoms with Crippen LogP contribution in [0.1, 0.15) is 5.56 Å². The fraction of sp³-hybridized carbons (Fsp3) is 0.231. The number of benzene rings is 1. The van der Waals surface area contributed by atoms with Crippen molar-refractivity contribution in [3.05, 3.63) is 47.9 Å². The number of nitrogens with zero attached hydrogens (tertiary/aromatic N) is 2. The number of carbonyl (C=O) groups excluding carboxylic acids is 1. The van der Waals surface area contributed by atoms with Gasteiger partial charge in [0.25, 0.3) is 0 Å². The molecular formula is C13H15FN4O. The van der Waals surface area contributed by atoms with Gasteiger partial charge in [-0.15, -0.1) is 0 Å². The van der Waals surface area contributed by atoms with E-state index in [1.165, 1.54) is 12.1 Å². The van der Waals surface area contributed by atoms with Crippen LogP contribution in [0.25, 0.3) is 0 Å². The molecule has 5 nitrogen and oxygen atoms in total. The Morgan fingerprint density at radius 1 is 1.32 bits per heavy atom. The first kappa shape index (κ1) is 13.1. The SMILES string of the molecule is Cn1ccc(NC(=O)NCCc2ccc(F)cc2)n1. The summed E-state index contributed by atoms with van der Waals surface area (Å²) in [4.78, 5) is 11.5.